The second kappa shape index (κ2) is 11.1. The van der Waals surface area contributed by atoms with Crippen LogP contribution >= 0.6 is 0 Å². The van der Waals surface area contributed by atoms with Crippen molar-refractivity contribution in [2.45, 2.75) is 44.9 Å². The number of aliphatic carboxylic acids is 1. The third-order valence-corrected chi connectivity index (χ3v) is 5.07. The Labute approximate surface area is 207 Å². The number of aromatic nitrogens is 1. The molecule has 0 radical (unpaired) electrons. The smallest absolute Gasteiger partial charge is 0.550 e. The topological polar surface area (TPSA) is 106 Å². The summed E-state index contributed by atoms with van der Waals surface area (Å²) in [6.07, 6.45) is 0.164. The molecular formula is C24H25FNNaO5. The first-order valence-electron chi connectivity index (χ1n) is 10.0. The van der Waals surface area contributed by atoms with Crippen LogP contribution < -0.4 is 34.7 Å². The number of carbonyl (C=O) groups excluding carboxylic acids is 1. The standard InChI is InChI=1S/C24H26FNO5.Na/c1-14(2)26-21-9-7-18(28)12-20(21)24(15-3-5-16(25)6-4-15)22(26)10-8-17(27)11-19(29)13-23(30)31;/h3-10,12,14,17,19,27-29H,11,13H2,1-2H3,(H,30,31);/q;+1/p-1/b10-8+;/t17-,19-;/m1./s1. The van der Waals surface area contributed by atoms with Crippen molar-refractivity contribution in [2.75, 3.05) is 0 Å². The fourth-order valence-corrected chi connectivity index (χ4v) is 3.80. The molecule has 0 aliphatic rings. The minimum atomic E-state index is -1.39. The van der Waals surface area contributed by atoms with Crippen molar-refractivity contribution in [2.24, 2.45) is 0 Å². The van der Waals surface area contributed by atoms with E-state index in [-0.39, 0.29) is 53.6 Å². The Balaban J connectivity index is 0.00000363. The molecule has 0 fully saturated rings. The summed E-state index contributed by atoms with van der Waals surface area (Å²) in [6.45, 7) is 4.00. The first-order chi connectivity index (χ1) is 14.7. The van der Waals surface area contributed by atoms with Gasteiger partial charge in [-0.2, -0.15) is 0 Å². The number of fused-ring (bicyclic) bond motifs is 1. The molecule has 0 aliphatic heterocycles. The van der Waals surface area contributed by atoms with Gasteiger partial charge in [-0.15, -0.1) is 0 Å². The van der Waals surface area contributed by atoms with Crippen LogP contribution in [-0.4, -0.2) is 38.1 Å². The van der Waals surface area contributed by atoms with E-state index in [1.807, 2.05) is 18.4 Å². The first-order valence-corrected chi connectivity index (χ1v) is 10.0. The minimum absolute atomic E-state index is 0. The maximum atomic E-state index is 13.5. The Bertz CT molecular complexity index is 1110. The van der Waals surface area contributed by atoms with Gasteiger partial charge in [0, 0.05) is 47.0 Å². The molecule has 3 rings (SSSR count). The van der Waals surface area contributed by atoms with E-state index < -0.39 is 24.6 Å². The molecule has 8 heteroatoms. The molecule has 0 aliphatic carbocycles. The van der Waals surface area contributed by atoms with Gasteiger partial charge in [0.1, 0.15) is 11.6 Å². The first kappa shape index (κ1) is 26.1. The summed E-state index contributed by atoms with van der Waals surface area (Å²) in [5.41, 5.74) is 3.09. The van der Waals surface area contributed by atoms with Crippen LogP contribution in [0.5, 0.6) is 5.75 Å². The molecule has 0 saturated carbocycles. The molecule has 1 aromatic heterocycles. The minimum Gasteiger partial charge on any atom is -0.550 e. The average Bonchev–Trinajstić information content (AvgIpc) is 2.99. The normalized spacial score (nSPS) is 13.4. The van der Waals surface area contributed by atoms with E-state index in [9.17, 15) is 29.6 Å². The predicted molar refractivity (Wildman–Crippen MR) is 115 cm³/mol. The average molecular weight is 449 g/mol. The quantitative estimate of drug-likeness (QED) is 0.420. The van der Waals surface area contributed by atoms with Crippen LogP contribution in [0.2, 0.25) is 0 Å². The van der Waals surface area contributed by atoms with Crippen molar-refractivity contribution >= 4 is 22.9 Å². The van der Waals surface area contributed by atoms with E-state index in [0.29, 0.717) is 0 Å². The number of benzene rings is 2. The number of aromatic hydroxyl groups is 1. The third kappa shape index (κ3) is 5.99. The maximum absolute atomic E-state index is 13.5. The molecule has 1 heterocycles. The Kier molecular flexibility index (Phi) is 9.07. The molecule has 3 aromatic rings. The molecule has 0 saturated heterocycles. The Morgan fingerprint density at radius 3 is 2.41 bits per heavy atom. The van der Waals surface area contributed by atoms with Crippen molar-refractivity contribution in [3.05, 3.63) is 60.1 Å². The largest absolute Gasteiger partial charge is 1.00 e. The number of halogens is 1. The number of nitrogens with zero attached hydrogens (tertiary/aromatic N) is 1. The third-order valence-electron chi connectivity index (χ3n) is 5.07. The summed E-state index contributed by atoms with van der Waals surface area (Å²) in [5.74, 6) is -1.66. The van der Waals surface area contributed by atoms with Gasteiger partial charge < -0.3 is 29.8 Å². The molecule has 0 bridgehead atoms. The van der Waals surface area contributed by atoms with Gasteiger partial charge in [-0.25, -0.2) is 4.39 Å². The van der Waals surface area contributed by atoms with Crippen molar-refractivity contribution in [3.8, 4) is 16.9 Å². The number of phenols is 1. The Morgan fingerprint density at radius 1 is 1.16 bits per heavy atom. The van der Waals surface area contributed by atoms with Crippen LogP contribution in [0.4, 0.5) is 4.39 Å². The molecule has 0 amide bonds. The number of hydrogen-bond acceptors (Lipinski definition) is 5. The van der Waals surface area contributed by atoms with Gasteiger partial charge in [-0.3, -0.25) is 0 Å². The van der Waals surface area contributed by atoms with Crippen LogP contribution in [0.1, 0.15) is 38.4 Å². The number of aliphatic hydroxyl groups excluding tert-OH is 2. The van der Waals surface area contributed by atoms with E-state index in [1.54, 1.807) is 36.4 Å². The molecule has 2 atom stereocenters. The van der Waals surface area contributed by atoms with Crippen molar-refractivity contribution in [1.29, 1.82) is 0 Å². The number of carboxylic acids is 1. The zero-order chi connectivity index (χ0) is 22.7. The molecule has 2 aromatic carbocycles. The number of carboxylic acid groups (broad SMARTS) is 1. The summed E-state index contributed by atoms with van der Waals surface area (Å²) < 4.78 is 15.6. The molecule has 0 spiro atoms. The Hall–Kier alpha value is -2.16. The molecule has 32 heavy (non-hydrogen) atoms. The molecular weight excluding hydrogens is 424 g/mol. The monoisotopic (exact) mass is 449 g/mol. The summed E-state index contributed by atoms with van der Waals surface area (Å²) in [4.78, 5) is 10.6. The summed E-state index contributed by atoms with van der Waals surface area (Å²) in [5, 5.41) is 41.5. The zero-order valence-corrected chi connectivity index (χ0v) is 20.3. The SMILES string of the molecule is CC(C)n1c(/C=C/[C@@H](O)C[C@@H](O)CC(=O)[O-])c(-c2ccc(F)cc2)c2cc(O)ccc21.[Na+]. The van der Waals surface area contributed by atoms with Crippen LogP contribution in [0.15, 0.2) is 48.5 Å². The molecule has 3 N–H and O–H groups in total. The van der Waals surface area contributed by atoms with Gasteiger partial charge in [-0.1, -0.05) is 18.2 Å². The van der Waals surface area contributed by atoms with Gasteiger partial charge >= 0.3 is 29.6 Å². The Morgan fingerprint density at radius 2 is 1.81 bits per heavy atom. The summed E-state index contributed by atoms with van der Waals surface area (Å²) in [6, 6.07) is 11.1. The van der Waals surface area contributed by atoms with E-state index in [1.165, 1.54) is 18.2 Å². The predicted octanol–water partition coefficient (Wildman–Crippen LogP) is 0.00300. The van der Waals surface area contributed by atoms with Gasteiger partial charge in [0.05, 0.1) is 12.2 Å². The van der Waals surface area contributed by atoms with Crippen molar-refractivity contribution in [1.82, 2.24) is 4.57 Å². The van der Waals surface area contributed by atoms with Gasteiger partial charge in [-0.05, 0) is 55.8 Å². The van der Waals surface area contributed by atoms with E-state index in [2.05, 4.69) is 0 Å². The number of phenolic OH excluding ortho intramolecular Hbond substituents is 1. The van der Waals surface area contributed by atoms with Crippen molar-refractivity contribution < 1.29 is 59.2 Å². The van der Waals surface area contributed by atoms with E-state index in [4.69, 9.17) is 0 Å². The van der Waals surface area contributed by atoms with Gasteiger partial charge in [0.25, 0.3) is 0 Å². The number of carbonyl (C=O) groups is 1. The van der Waals surface area contributed by atoms with Crippen LogP contribution in [0, 0.1) is 5.82 Å². The second-order valence-corrected chi connectivity index (χ2v) is 7.82. The number of aliphatic hydroxyl groups is 2. The van der Waals surface area contributed by atoms with E-state index >= 15 is 0 Å². The molecule has 164 valence electrons. The summed E-state index contributed by atoms with van der Waals surface area (Å²) >= 11 is 0. The second-order valence-electron chi connectivity index (χ2n) is 7.82. The van der Waals surface area contributed by atoms with Crippen LogP contribution in [-0.2, 0) is 4.79 Å². The van der Waals surface area contributed by atoms with Gasteiger partial charge in [0.15, 0.2) is 0 Å². The molecule has 0 unspecified atom stereocenters. The number of rotatable bonds is 8. The fourth-order valence-electron chi connectivity index (χ4n) is 3.80. The van der Waals surface area contributed by atoms with Crippen molar-refractivity contribution in [3.63, 3.8) is 0 Å². The molecule has 6 nitrogen and oxygen atoms in total. The zero-order valence-electron chi connectivity index (χ0n) is 18.3. The van der Waals surface area contributed by atoms with E-state index in [0.717, 1.165) is 27.7 Å². The van der Waals surface area contributed by atoms with Gasteiger partial charge in [0.2, 0.25) is 0 Å². The van der Waals surface area contributed by atoms with Crippen LogP contribution in [0.3, 0.4) is 0 Å². The fraction of sp³-hybridized carbons (Fsp3) is 0.292. The maximum Gasteiger partial charge on any atom is 1.00 e. The summed E-state index contributed by atoms with van der Waals surface area (Å²) in [7, 11) is 0. The van der Waals surface area contributed by atoms with Crippen LogP contribution in [0.25, 0.3) is 28.1 Å². The number of hydrogen-bond donors (Lipinski definition) is 3.